The molecule has 5 nitrogen and oxygen atoms in total. The molecule has 1 atom stereocenters. The Morgan fingerprint density at radius 2 is 1.67 bits per heavy atom. The van der Waals surface area contributed by atoms with Crippen molar-refractivity contribution < 1.29 is 14.5 Å². The predicted molar refractivity (Wildman–Crippen MR) is 107 cm³/mol. The van der Waals surface area contributed by atoms with E-state index in [1.165, 1.54) is 4.90 Å². The van der Waals surface area contributed by atoms with Crippen LogP contribution in [0.5, 0.6) is 0 Å². The minimum Gasteiger partial charge on any atom is -0.360 e. The molecule has 3 rings (SSSR count). The Kier molecular flexibility index (Phi) is 6.24. The summed E-state index contributed by atoms with van der Waals surface area (Å²) in [6, 6.07) is 17.7. The number of Topliss-reactive ketones (excluding diaryl/α,β-unsaturated/α-hetero) is 1. The zero-order chi connectivity index (χ0) is 19.2. The van der Waals surface area contributed by atoms with Crippen molar-refractivity contribution in [1.29, 1.82) is 0 Å². The van der Waals surface area contributed by atoms with E-state index in [1.54, 1.807) is 6.92 Å². The van der Waals surface area contributed by atoms with E-state index in [1.807, 2.05) is 61.5 Å². The smallest absolute Gasteiger partial charge is 0.278 e. The molecule has 142 valence electrons. The summed E-state index contributed by atoms with van der Waals surface area (Å²) >= 11 is 0. The summed E-state index contributed by atoms with van der Waals surface area (Å²) < 4.78 is 0. The van der Waals surface area contributed by atoms with Crippen LogP contribution in [0.4, 0.5) is 5.69 Å². The number of hydrogen-bond donors (Lipinski definition) is 2. The van der Waals surface area contributed by atoms with Crippen molar-refractivity contribution in [2.24, 2.45) is 0 Å². The number of carbonyl (C=O) groups is 2. The summed E-state index contributed by atoms with van der Waals surface area (Å²) in [6.45, 7) is 7.83. The highest BCUT2D eigenvalue weighted by Gasteiger charge is 2.29. The van der Waals surface area contributed by atoms with Gasteiger partial charge in [0.2, 0.25) is 0 Å². The van der Waals surface area contributed by atoms with E-state index in [0.717, 1.165) is 43.0 Å². The third kappa shape index (κ3) is 4.95. The molecule has 1 heterocycles. The molecule has 0 aliphatic carbocycles. The van der Waals surface area contributed by atoms with Crippen molar-refractivity contribution in [3.63, 3.8) is 0 Å². The minimum absolute atomic E-state index is 0.0593. The zero-order valence-corrected chi connectivity index (χ0v) is 16.1. The van der Waals surface area contributed by atoms with Gasteiger partial charge in [0, 0.05) is 17.8 Å². The number of benzene rings is 2. The lowest BCUT2D eigenvalue weighted by molar-refractivity contribution is -0.914. The molecule has 2 aromatic rings. The van der Waals surface area contributed by atoms with Gasteiger partial charge in [-0.1, -0.05) is 30.3 Å². The Labute approximate surface area is 161 Å². The lowest BCUT2D eigenvalue weighted by Crippen LogP contribution is -3.19. The Hall–Kier alpha value is -2.66. The fourth-order valence-corrected chi connectivity index (χ4v) is 3.52. The van der Waals surface area contributed by atoms with E-state index in [4.69, 9.17) is 0 Å². The first-order valence-corrected chi connectivity index (χ1v) is 9.57. The third-order valence-electron chi connectivity index (χ3n) is 5.36. The van der Waals surface area contributed by atoms with E-state index < -0.39 is 0 Å². The van der Waals surface area contributed by atoms with E-state index in [0.29, 0.717) is 6.54 Å². The number of piperazine rings is 1. The molecule has 1 aliphatic rings. The Balaban J connectivity index is 1.49. The van der Waals surface area contributed by atoms with Gasteiger partial charge in [-0.05, 0) is 43.7 Å². The van der Waals surface area contributed by atoms with Crippen LogP contribution in [-0.4, -0.2) is 43.9 Å². The second-order valence-corrected chi connectivity index (χ2v) is 7.17. The number of anilines is 1. The number of amides is 1. The van der Waals surface area contributed by atoms with Crippen LogP contribution in [0, 0.1) is 0 Å². The van der Waals surface area contributed by atoms with Gasteiger partial charge in [-0.2, -0.15) is 0 Å². The molecular weight excluding hydrogens is 338 g/mol. The average Bonchev–Trinajstić information content (AvgIpc) is 2.72. The Bertz CT molecular complexity index is 766. The van der Waals surface area contributed by atoms with Gasteiger partial charge in [0.15, 0.2) is 11.8 Å². The average molecular weight is 366 g/mol. The minimum atomic E-state index is -0.0593. The highest BCUT2D eigenvalue weighted by atomic mass is 16.2. The Morgan fingerprint density at radius 1 is 1.04 bits per heavy atom. The molecule has 1 amide bonds. The SMILES string of the molecule is CC(=O)c1ccc(N2CC[NH+]([C@H](C)C(=O)NCc3ccccc3)CC2)cc1. The van der Waals surface area contributed by atoms with E-state index in [-0.39, 0.29) is 17.7 Å². The number of rotatable bonds is 6. The van der Waals surface area contributed by atoms with Crippen molar-refractivity contribution >= 4 is 17.4 Å². The maximum absolute atomic E-state index is 12.5. The summed E-state index contributed by atoms with van der Waals surface area (Å²) in [5.41, 5.74) is 3.00. The summed E-state index contributed by atoms with van der Waals surface area (Å²) in [6.07, 6.45) is 0. The molecule has 1 fully saturated rings. The fourth-order valence-electron chi connectivity index (χ4n) is 3.52. The lowest BCUT2D eigenvalue weighted by atomic mass is 10.1. The first kappa shape index (κ1) is 19.1. The van der Waals surface area contributed by atoms with Crippen LogP contribution >= 0.6 is 0 Å². The second-order valence-electron chi connectivity index (χ2n) is 7.17. The number of quaternary nitrogens is 1. The van der Waals surface area contributed by atoms with Crippen LogP contribution < -0.4 is 15.1 Å². The van der Waals surface area contributed by atoms with Gasteiger partial charge in [-0.3, -0.25) is 9.59 Å². The molecule has 0 bridgehead atoms. The molecule has 1 aliphatic heterocycles. The Morgan fingerprint density at radius 3 is 2.26 bits per heavy atom. The monoisotopic (exact) mass is 366 g/mol. The van der Waals surface area contributed by atoms with Gasteiger partial charge in [-0.15, -0.1) is 0 Å². The fraction of sp³-hybridized carbons (Fsp3) is 0.364. The van der Waals surface area contributed by atoms with Crippen molar-refractivity contribution in [2.75, 3.05) is 31.1 Å². The molecule has 2 N–H and O–H groups in total. The molecule has 0 unspecified atom stereocenters. The second kappa shape index (κ2) is 8.82. The summed E-state index contributed by atoms with van der Waals surface area (Å²) in [7, 11) is 0. The van der Waals surface area contributed by atoms with Crippen LogP contribution in [0.3, 0.4) is 0 Å². The molecule has 1 saturated heterocycles. The summed E-state index contributed by atoms with van der Waals surface area (Å²) in [5, 5.41) is 3.05. The zero-order valence-electron chi connectivity index (χ0n) is 16.1. The van der Waals surface area contributed by atoms with Crippen molar-refractivity contribution in [1.82, 2.24) is 5.32 Å². The predicted octanol–water partition coefficient (Wildman–Crippen LogP) is 1.30. The molecule has 5 heteroatoms. The maximum Gasteiger partial charge on any atom is 0.278 e. The van der Waals surface area contributed by atoms with Gasteiger partial charge < -0.3 is 15.1 Å². The number of hydrogen-bond acceptors (Lipinski definition) is 3. The van der Waals surface area contributed by atoms with Crippen molar-refractivity contribution in [3.05, 3.63) is 65.7 Å². The van der Waals surface area contributed by atoms with Crippen LogP contribution in [0.1, 0.15) is 29.8 Å². The first-order valence-electron chi connectivity index (χ1n) is 9.57. The molecular formula is C22H28N3O2+. The number of carbonyl (C=O) groups excluding carboxylic acids is 2. The van der Waals surface area contributed by atoms with E-state index in [9.17, 15) is 9.59 Å². The normalized spacial score (nSPS) is 16.0. The number of ketones is 1. The molecule has 0 saturated carbocycles. The van der Waals surface area contributed by atoms with Gasteiger partial charge in [0.25, 0.3) is 5.91 Å². The van der Waals surface area contributed by atoms with Crippen LogP contribution in [0.2, 0.25) is 0 Å². The van der Waals surface area contributed by atoms with Gasteiger partial charge in [0.1, 0.15) is 0 Å². The topological polar surface area (TPSA) is 53.9 Å². The molecule has 0 radical (unpaired) electrons. The molecule has 0 aromatic heterocycles. The molecule has 0 spiro atoms. The lowest BCUT2D eigenvalue weighted by Gasteiger charge is -2.36. The van der Waals surface area contributed by atoms with Crippen LogP contribution in [-0.2, 0) is 11.3 Å². The van der Waals surface area contributed by atoms with Crippen molar-refractivity contribution in [3.8, 4) is 0 Å². The highest BCUT2D eigenvalue weighted by Crippen LogP contribution is 2.15. The quantitative estimate of drug-likeness (QED) is 0.758. The van der Waals surface area contributed by atoms with E-state index >= 15 is 0 Å². The van der Waals surface area contributed by atoms with Gasteiger partial charge in [-0.25, -0.2) is 0 Å². The largest absolute Gasteiger partial charge is 0.360 e. The highest BCUT2D eigenvalue weighted by molar-refractivity contribution is 5.94. The third-order valence-corrected chi connectivity index (χ3v) is 5.36. The number of nitrogens with one attached hydrogen (secondary N) is 2. The summed E-state index contributed by atoms with van der Waals surface area (Å²) in [4.78, 5) is 27.5. The molecule has 2 aromatic carbocycles. The van der Waals surface area contributed by atoms with Crippen LogP contribution in [0.25, 0.3) is 0 Å². The first-order chi connectivity index (χ1) is 13.0. The van der Waals surface area contributed by atoms with Crippen molar-refractivity contribution in [2.45, 2.75) is 26.4 Å². The van der Waals surface area contributed by atoms with Gasteiger partial charge in [0.05, 0.1) is 26.2 Å². The maximum atomic E-state index is 12.5. The van der Waals surface area contributed by atoms with Gasteiger partial charge >= 0.3 is 0 Å². The summed E-state index contributed by atoms with van der Waals surface area (Å²) in [5.74, 6) is 0.194. The van der Waals surface area contributed by atoms with Crippen LogP contribution in [0.15, 0.2) is 54.6 Å². The van der Waals surface area contributed by atoms with E-state index in [2.05, 4.69) is 10.2 Å². The number of nitrogens with zero attached hydrogens (tertiary/aromatic N) is 1. The standard InChI is InChI=1S/C22H27N3O2/c1-17(22(27)23-16-19-6-4-3-5-7-19)24-12-14-25(15-13-24)21-10-8-20(9-11-21)18(2)26/h3-11,17H,12-16H2,1-2H3,(H,23,27)/p+1/t17-/m1/s1. The molecule has 27 heavy (non-hydrogen) atoms.